The molecule has 0 spiro atoms. The number of carbonyl (C=O) groups excluding carboxylic acids is 1. The fourth-order valence-corrected chi connectivity index (χ4v) is 6.96. The summed E-state index contributed by atoms with van der Waals surface area (Å²) >= 11 is 0. The second-order valence-corrected chi connectivity index (χ2v) is 13.0. The fourth-order valence-electron chi connectivity index (χ4n) is 6.14. The minimum absolute atomic E-state index is 0.219. The number of sulfonamides is 1. The Morgan fingerprint density at radius 2 is 1.93 bits per heavy atom. The van der Waals surface area contributed by atoms with Crippen LogP contribution in [0.15, 0.2) is 43.0 Å². The van der Waals surface area contributed by atoms with Crippen LogP contribution in [0.5, 0.6) is 0 Å². The van der Waals surface area contributed by atoms with Crippen LogP contribution in [0.4, 0.5) is 10.5 Å². The van der Waals surface area contributed by atoms with Crippen molar-refractivity contribution in [2.24, 2.45) is 7.05 Å². The van der Waals surface area contributed by atoms with Crippen molar-refractivity contribution < 1.29 is 13.2 Å². The highest BCUT2D eigenvalue weighted by Gasteiger charge is 2.43. The van der Waals surface area contributed by atoms with Crippen molar-refractivity contribution in [3.05, 3.63) is 48.5 Å². The summed E-state index contributed by atoms with van der Waals surface area (Å²) in [6.45, 7) is 4.53. The molecular weight excluding hydrogens is 542 g/mol. The molecule has 0 saturated heterocycles. The number of carbonyl (C=O) groups is 1. The van der Waals surface area contributed by atoms with Crippen molar-refractivity contribution in [3.63, 3.8) is 0 Å². The summed E-state index contributed by atoms with van der Waals surface area (Å²) in [7, 11) is -1.57. The highest BCUT2D eigenvalue weighted by molar-refractivity contribution is 7.88. The number of aryl methyl sites for hydroxylation is 1. The predicted molar refractivity (Wildman–Crippen MR) is 157 cm³/mol. The molecule has 0 unspecified atom stereocenters. The molecule has 1 aliphatic carbocycles. The first-order valence-electron chi connectivity index (χ1n) is 13.6. The SMILES string of the molecule is CC(C)n1ncc2cc(-c3c(-c4cnn(C)c4)[nH]c4ncc5c(c34)N([C@H]3CC[C@@H]3NS(C)(=O)=O)C(=O)NC5)ccc21. The van der Waals surface area contributed by atoms with E-state index in [1.807, 2.05) is 24.1 Å². The van der Waals surface area contributed by atoms with E-state index in [-0.39, 0.29) is 24.2 Å². The predicted octanol–water partition coefficient (Wildman–Crippen LogP) is 3.67. The van der Waals surface area contributed by atoms with Crippen LogP contribution in [0.3, 0.4) is 0 Å². The molecule has 2 aliphatic rings. The zero-order valence-corrected chi connectivity index (χ0v) is 24.0. The van der Waals surface area contributed by atoms with E-state index < -0.39 is 10.0 Å². The molecule has 12 nitrogen and oxygen atoms in total. The summed E-state index contributed by atoms with van der Waals surface area (Å²) in [5.41, 5.74) is 6.89. The molecule has 2 atom stereocenters. The number of H-pyrrole nitrogens is 1. The van der Waals surface area contributed by atoms with E-state index in [9.17, 15) is 13.2 Å². The second kappa shape index (κ2) is 9.14. The summed E-state index contributed by atoms with van der Waals surface area (Å²) in [5, 5.41) is 13.8. The number of rotatable bonds is 6. The molecular formula is C28H31N9O3S. The van der Waals surface area contributed by atoms with Gasteiger partial charge in [0.15, 0.2) is 0 Å². The Labute approximate surface area is 236 Å². The minimum Gasteiger partial charge on any atom is -0.339 e. The first kappa shape index (κ1) is 25.7. The molecule has 41 heavy (non-hydrogen) atoms. The normalized spacial score (nSPS) is 19.1. The first-order valence-corrected chi connectivity index (χ1v) is 15.5. The van der Waals surface area contributed by atoms with Crippen LogP contribution in [0.1, 0.15) is 38.3 Å². The Hall–Kier alpha value is -4.23. The maximum Gasteiger partial charge on any atom is 0.322 e. The molecule has 5 heterocycles. The first-order chi connectivity index (χ1) is 19.6. The lowest BCUT2D eigenvalue weighted by Gasteiger charge is -2.46. The maximum absolute atomic E-state index is 13.5. The molecule has 5 aromatic rings. The van der Waals surface area contributed by atoms with Gasteiger partial charge in [-0.1, -0.05) is 6.07 Å². The van der Waals surface area contributed by atoms with Gasteiger partial charge in [-0.05, 0) is 44.4 Å². The standard InChI is InChI=1S/C28H31N9O3S/c1-15(2)37-21-7-5-16(9-17(21)12-32-37)23-24-26-18(10-29-27(24)33-25(23)19-13-31-35(3)14-19)11-30-28(38)36(26)22-8-6-20(22)34-41(4,39)40/h5,7,9-10,12-15,20,22,34H,6,8,11H2,1-4H3,(H,29,33)(H,30,38)/t20-,22-/m0/s1. The lowest BCUT2D eigenvalue weighted by Crippen LogP contribution is -2.62. The van der Waals surface area contributed by atoms with Gasteiger partial charge in [-0.3, -0.25) is 14.3 Å². The van der Waals surface area contributed by atoms with Gasteiger partial charge in [0.1, 0.15) is 5.65 Å². The number of nitrogens with zero attached hydrogens (tertiary/aromatic N) is 6. The number of aromatic amines is 1. The number of pyridine rings is 1. The van der Waals surface area contributed by atoms with Gasteiger partial charge >= 0.3 is 6.03 Å². The van der Waals surface area contributed by atoms with Crippen molar-refractivity contribution in [3.8, 4) is 22.4 Å². The highest BCUT2D eigenvalue weighted by atomic mass is 32.2. The number of urea groups is 1. The summed E-state index contributed by atoms with van der Waals surface area (Å²) < 4.78 is 30.7. The van der Waals surface area contributed by atoms with Gasteiger partial charge in [-0.2, -0.15) is 10.2 Å². The van der Waals surface area contributed by atoms with Crippen LogP contribution >= 0.6 is 0 Å². The lowest BCUT2D eigenvalue weighted by atomic mass is 9.84. The monoisotopic (exact) mass is 573 g/mol. The molecule has 0 radical (unpaired) electrons. The Morgan fingerprint density at radius 1 is 1.10 bits per heavy atom. The molecule has 3 N–H and O–H groups in total. The Bertz CT molecular complexity index is 1950. The van der Waals surface area contributed by atoms with Gasteiger partial charge in [0.05, 0.1) is 47.0 Å². The fraction of sp³-hybridized carbons (Fsp3) is 0.357. The molecule has 4 aromatic heterocycles. The number of hydrogen-bond donors (Lipinski definition) is 3. The lowest BCUT2D eigenvalue weighted by molar-refractivity contribution is 0.229. The van der Waals surface area contributed by atoms with E-state index in [1.165, 1.54) is 0 Å². The van der Waals surface area contributed by atoms with Crippen molar-refractivity contribution >= 4 is 43.7 Å². The van der Waals surface area contributed by atoms with Gasteiger partial charge in [0.2, 0.25) is 10.0 Å². The summed E-state index contributed by atoms with van der Waals surface area (Å²) in [6.07, 6.45) is 9.89. The maximum atomic E-state index is 13.5. The second-order valence-electron chi connectivity index (χ2n) is 11.3. The zero-order chi connectivity index (χ0) is 28.6. The van der Waals surface area contributed by atoms with Gasteiger partial charge in [-0.15, -0.1) is 0 Å². The van der Waals surface area contributed by atoms with Gasteiger partial charge in [-0.25, -0.2) is 22.9 Å². The van der Waals surface area contributed by atoms with Crippen LogP contribution in [0, 0.1) is 0 Å². The van der Waals surface area contributed by atoms with Gasteiger partial charge in [0.25, 0.3) is 0 Å². The number of amides is 2. The topological polar surface area (TPSA) is 143 Å². The summed E-state index contributed by atoms with van der Waals surface area (Å²) in [6, 6.07) is 5.54. The number of anilines is 1. The van der Waals surface area contributed by atoms with Crippen LogP contribution in [-0.4, -0.2) is 62.3 Å². The third-order valence-corrected chi connectivity index (χ3v) is 8.79. The third-order valence-electron chi connectivity index (χ3n) is 8.06. The average Bonchev–Trinajstić information content (AvgIpc) is 3.63. The minimum atomic E-state index is -3.44. The molecule has 212 valence electrons. The number of aromatic nitrogens is 6. The van der Waals surface area contributed by atoms with Crippen LogP contribution in [0.25, 0.3) is 44.3 Å². The summed E-state index contributed by atoms with van der Waals surface area (Å²) in [5.74, 6) is 0. The van der Waals surface area contributed by atoms with Crippen LogP contribution in [0.2, 0.25) is 0 Å². The molecule has 1 saturated carbocycles. The molecule has 13 heteroatoms. The largest absolute Gasteiger partial charge is 0.339 e. The molecule has 0 bridgehead atoms. The van der Waals surface area contributed by atoms with E-state index >= 15 is 0 Å². The highest BCUT2D eigenvalue weighted by Crippen LogP contribution is 2.46. The van der Waals surface area contributed by atoms with Crippen molar-refractivity contribution in [1.82, 2.24) is 39.6 Å². The molecule has 1 fully saturated rings. The number of hydrogen-bond acceptors (Lipinski definition) is 6. The van der Waals surface area contributed by atoms with Crippen molar-refractivity contribution in [2.45, 2.75) is 51.4 Å². The van der Waals surface area contributed by atoms with Crippen LogP contribution in [-0.2, 0) is 23.6 Å². The summed E-state index contributed by atoms with van der Waals surface area (Å²) in [4.78, 5) is 23.5. The van der Waals surface area contributed by atoms with Crippen LogP contribution < -0.4 is 14.9 Å². The van der Waals surface area contributed by atoms with Crippen molar-refractivity contribution in [2.75, 3.05) is 11.2 Å². The van der Waals surface area contributed by atoms with E-state index in [0.717, 1.165) is 56.2 Å². The Balaban J connectivity index is 1.49. The van der Waals surface area contributed by atoms with E-state index in [1.54, 1.807) is 22.0 Å². The Kier molecular flexibility index (Phi) is 5.74. The van der Waals surface area contributed by atoms with E-state index in [2.05, 4.69) is 57.3 Å². The van der Waals surface area contributed by atoms with Crippen molar-refractivity contribution in [1.29, 1.82) is 0 Å². The smallest absolute Gasteiger partial charge is 0.322 e. The Morgan fingerprint density at radius 3 is 2.61 bits per heavy atom. The molecule has 1 aliphatic heterocycles. The van der Waals surface area contributed by atoms with Gasteiger partial charge < -0.3 is 10.3 Å². The average molecular weight is 574 g/mol. The number of fused-ring (bicyclic) bond motifs is 4. The third kappa shape index (κ3) is 4.18. The van der Waals surface area contributed by atoms with E-state index in [0.29, 0.717) is 25.0 Å². The van der Waals surface area contributed by atoms with E-state index in [4.69, 9.17) is 4.98 Å². The quantitative estimate of drug-likeness (QED) is 0.283. The molecule has 7 rings (SSSR count). The number of benzene rings is 1. The zero-order valence-electron chi connectivity index (χ0n) is 23.2. The molecule has 1 aromatic carbocycles. The number of nitrogens with one attached hydrogen (secondary N) is 3. The molecule has 2 amide bonds. The van der Waals surface area contributed by atoms with Gasteiger partial charge in [0, 0.05) is 60.1 Å².